The second-order valence-corrected chi connectivity index (χ2v) is 3.01. The van der Waals surface area contributed by atoms with Crippen molar-refractivity contribution in [1.29, 1.82) is 0 Å². The summed E-state index contributed by atoms with van der Waals surface area (Å²) in [5, 5.41) is 18.6. The molecular formula is C6H12ClNO4. The van der Waals surface area contributed by atoms with E-state index in [0.29, 0.717) is 0 Å². The van der Waals surface area contributed by atoms with Crippen molar-refractivity contribution in [3.8, 4) is 0 Å². The lowest BCUT2D eigenvalue weighted by atomic mass is 10.0. The van der Waals surface area contributed by atoms with Crippen molar-refractivity contribution >= 4 is 12.4 Å². The number of halogens is 1. The standard InChI is InChI=1S/C6H11NO4.ClH/c7-6-5(9)1-3(8)4(11-6)2-10-6;/h3-5,8-9H,1-2,7H2;1H/t3-,4+,5-,6-;/m0./s1. The van der Waals surface area contributed by atoms with Crippen LogP contribution >= 0.6 is 12.4 Å². The van der Waals surface area contributed by atoms with Gasteiger partial charge in [-0.15, -0.1) is 12.4 Å². The average molecular weight is 198 g/mol. The summed E-state index contributed by atoms with van der Waals surface area (Å²) in [6, 6.07) is 0. The van der Waals surface area contributed by atoms with Crippen LogP contribution in [0.3, 0.4) is 0 Å². The van der Waals surface area contributed by atoms with Crippen molar-refractivity contribution in [1.82, 2.24) is 0 Å². The summed E-state index contributed by atoms with van der Waals surface area (Å²) in [6.07, 6.45) is -1.75. The third kappa shape index (κ3) is 1.32. The minimum absolute atomic E-state index is 0. The Bertz CT molecular complexity index is 181. The summed E-state index contributed by atoms with van der Waals surface area (Å²) in [5.74, 6) is -1.37. The van der Waals surface area contributed by atoms with Crippen molar-refractivity contribution in [2.24, 2.45) is 5.73 Å². The number of hydrogen-bond donors (Lipinski definition) is 3. The highest BCUT2D eigenvalue weighted by Gasteiger charge is 2.52. The first-order valence-corrected chi connectivity index (χ1v) is 3.58. The van der Waals surface area contributed by atoms with E-state index in [0.717, 1.165) is 0 Å². The normalized spacial score (nSPS) is 51.8. The summed E-state index contributed by atoms with van der Waals surface area (Å²) >= 11 is 0. The molecule has 0 aromatic rings. The Labute approximate surface area is 75.9 Å². The van der Waals surface area contributed by atoms with Gasteiger partial charge in [-0.05, 0) is 0 Å². The molecule has 2 rings (SSSR count). The quantitative estimate of drug-likeness (QED) is 0.443. The van der Waals surface area contributed by atoms with Crippen LogP contribution in [0.2, 0.25) is 0 Å². The topological polar surface area (TPSA) is 84.9 Å². The second kappa shape index (κ2) is 3.10. The van der Waals surface area contributed by atoms with E-state index in [2.05, 4.69) is 0 Å². The predicted octanol–water partition coefficient (Wildman–Crippen LogP) is -1.44. The molecule has 0 saturated carbocycles. The molecule has 2 fully saturated rings. The van der Waals surface area contributed by atoms with Crippen LogP contribution in [0, 0.1) is 0 Å². The smallest absolute Gasteiger partial charge is 0.252 e. The van der Waals surface area contributed by atoms with Gasteiger partial charge in [-0.2, -0.15) is 0 Å². The predicted molar refractivity (Wildman–Crippen MR) is 41.6 cm³/mol. The molecule has 6 heteroatoms. The maximum Gasteiger partial charge on any atom is 0.252 e. The molecule has 0 radical (unpaired) electrons. The number of rotatable bonds is 0. The van der Waals surface area contributed by atoms with Crippen LogP contribution in [-0.4, -0.2) is 41.0 Å². The lowest BCUT2D eigenvalue weighted by Crippen LogP contribution is -2.57. The highest BCUT2D eigenvalue weighted by atomic mass is 35.5. The summed E-state index contributed by atoms with van der Waals surface area (Å²) in [4.78, 5) is 0. The Balaban J connectivity index is 0.000000720. The first-order chi connectivity index (χ1) is 5.12. The van der Waals surface area contributed by atoms with Gasteiger partial charge in [0.1, 0.15) is 12.2 Å². The van der Waals surface area contributed by atoms with E-state index in [1.54, 1.807) is 0 Å². The molecular weight excluding hydrogens is 186 g/mol. The molecule has 5 nitrogen and oxygen atoms in total. The van der Waals surface area contributed by atoms with Gasteiger partial charge in [-0.1, -0.05) is 0 Å². The van der Waals surface area contributed by atoms with E-state index < -0.39 is 18.1 Å². The van der Waals surface area contributed by atoms with Gasteiger partial charge in [0, 0.05) is 6.42 Å². The van der Waals surface area contributed by atoms with Crippen molar-refractivity contribution in [2.45, 2.75) is 30.6 Å². The molecule has 4 N–H and O–H groups in total. The average Bonchev–Trinajstić information content (AvgIpc) is 2.28. The maximum absolute atomic E-state index is 9.29. The fourth-order valence-electron chi connectivity index (χ4n) is 1.43. The van der Waals surface area contributed by atoms with E-state index in [-0.39, 0.29) is 31.5 Å². The highest BCUT2D eigenvalue weighted by molar-refractivity contribution is 5.85. The number of aliphatic hydroxyl groups is 2. The second-order valence-electron chi connectivity index (χ2n) is 3.01. The first kappa shape index (κ1) is 10.2. The SMILES string of the molecule is Cl.N[C@@]12OC[C@@H](O1)[C@@H](O)C[C@@H]2O. The van der Waals surface area contributed by atoms with E-state index in [9.17, 15) is 10.2 Å². The van der Waals surface area contributed by atoms with Crippen LogP contribution in [-0.2, 0) is 9.47 Å². The zero-order chi connectivity index (χ0) is 8.06. The van der Waals surface area contributed by atoms with Crippen molar-refractivity contribution in [2.75, 3.05) is 6.61 Å². The molecule has 0 spiro atoms. The highest BCUT2D eigenvalue weighted by Crippen LogP contribution is 2.32. The van der Waals surface area contributed by atoms with Gasteiger partial charge in [0.05, 0.1) is 12.7 Å². The Morgan fingerprint density at radius 3 is 2.75 bits per heavy atom. The Morgan fingerprint density at radius 2 is 2.08 bits per heavy atom. The molecule has 2 aliphatic rings. The molecule has 0 aromatic heterocycles. The van der Waals surface area contributed by atoms with Gasteiger partial charge in [0.15, 0.2) is 0 Å². The Kier molecular flexibility index (Phi) is 2.63. The summed E-state index contributed by atoms with van der Waals surface area (Å²) < 4.78 is 10.1. The zero-order valence-corrected chi connectivity index (χ0v) is 7.16. The van der Waals surface area contributed by atoms with Gasteiger partial charge in [-0.3, -0.25) is 5.73 Å². The van der Waals surface area contributed by atoms with Crippen molar-refractivity contribution < 1.29 is 19.7 Å². The van der Waals surface area contributed by atoms with Crippen LogP contribution in [0.4, 0.5) is 0 Å². The molecule has 12 heavy (non-hydrogen) atoms. The maximum atomic E-state index is 9.29. The van der Waals surface area contributed by atoms with Crippen LogP contribution in [0.5, 0.6) is 0 Å². The minimum Gasteiger partial charge on any atom is -0.390 e. The third-order valence-corrected chi connectivity index (χ3v) is 2.17. The lowest BCUT2D eigenvalue weighted by Gasteiger charge is -2.34. The summed E-state index contributed by atoms with van der Waals surface area (Å²) in [5.41, 5.74) is 5.50. The van der Waals surface area contributed by atoms with Gasteiger partial charge in [0.2, 0.25) is 0 Å². The molecule has 2 aliphatic heterocycles. The number of fused-ring (bicyclic) bond motifs is 2. The van der Waals surface area contributed by atoms with Crippen LogP contribution in [0.25, 0.3) is 0 Å². The molecule has 0 unspecified atom stereocenters. The molecule has 0 aromatic carbocycles. The molecule has 2 heterocycles. The largest absolute Gasteiger partial charge is 0.390 e. The third-order valence-electron chi connectivity index (χ3n) is 2.17. The Morgan fingerprint density at radius 1 is 1.42 bits per heavy atom. The first-order valence-electron chi connectivity index (χ1n) is 3.58. The van der Waals surface area contributed by atoms with Crippen molar-refractivity contribution in [3.05, 3.63) is 0 Å². The zero-order valence-electron chi connectivity index (χ0n) is 6.34. The molecule has 4 atom stereocenters. The minimum atomic E-state index is -1.37. The molecule has 0 aliphatic carbocycles. The molecule has 2 saturated heterocycles. The number of aliphatic hydroxyl groups excluding tert-OH is 2. The van der Waals surface area contributed by atoms with Crippen molar-refractivity contribution in [3.63, 3.8) is 0 Å². The van der Waals surface area contributed by atoms with Crippen LogP contribution < -0.4 is 5.73 Å². The van der Waals surface area contributed by atoms with Gasteiger partial charge >= 0.3 is 0 Å². The summed E-state index contributed by atoms with van der Waals surface area (Å²) in [6.45, 7) is 0.259. The number of ether oxygens (including phenoxy) is 2. The molecule has 2 bridgehead atoms. The van der Waals surface area contributed by atoms with Gasteiger partial charge in [-0.25, -0.2) is 0 Å². The van der Waals surface area contributed by atoms with E-state index >= 15 is 0 Å². The number of nitrogens with two attached hydrogens (primary N) is 1. The monoisotopic (exact) mass is 197 g/mol. The van der Waals surface area contributed by atoms with Gasteiger partial charge < -0.3 is 19.7 Å². The van der Waals surface area contributed by atoms with E-state index in [1.165, 1.54) is 0 Å². The van der Waals surface area contributed by atoms with Gasteiger partial charge in [0.25, 0.3) is 5.91 Å². The number of hydrogen-bond acceptors (Lipinski definition) is 5. The molecule has 72 valence electrons. The fraction of sp³-hybridized carbons (Fsp3) is 1.00. The Hall–Kier alpha value is 0.0900. The van der Waals surface area contributed by atoms with Crippen LogP contribution in [0.1, 0.15) is 6.42 Å². The van der Waals surface area contributed by atoms with Crippen LogP contribution in [0.15, 0.2) is 0 Å². The summed E-state index contributed by atoms with van der Waals surface area (Å²) in [7, 11) is 0. The van der Waals surface area contributed by atoms with E-state index in [1.807, 2.05) is 0 Å². The lowest BCUT2D eigenvalue weighted by molar-refractivity contribution is -0.259. The molecule has 0 amide bonds. The van der Waals surface area contributed by atoms with E-state index in [4.69, 9.17) is 15.2 Å². The fourth-order valence-corrected chi connectivity index (χ4v) is 1.43.